The normalized spacial score (nSPS) is 11.6. The Morgan fingerprint density at radius 2 is 0.754 bits per heavy atom. The van der Waals surface area contributed by atoms with Crippen LogP contribution in [-0.4, -0.2) is 8.07 Å². The number of thiophene rings is 1. The molecule has 11 rings (SSSR count). The maximum Gasteiger partial charge on any atom is 0.179 e. The summed E-state index contributed by atoms with van der Waals surface area (Å²) in [6.45, 7) is 0. The second-order valence-corrected chi connectivity index (χ2v) is 20.6. The number of benzene rings is 10. The highest BCUT2D eigenvalue weighted by Gasteiger charge is 2.41. The van der Waals surface area contributed by atoms with Gasteiger partial charge in [-0.2, -0.15) is 0 Å². The molecule has 0 saturated heterocycles. The average Bonchev–Trinajstić information content (AvgIpc) is 3.71. The van der Waals surface area contributed by atoms with Gasteiger partial charge in [0.05, 0.1) is 5.69 Å². The van der Waals surface area contributed by atoms with Gasteiger partial charge in [0, 0.05) is 36.9 Å². The van der Waals surface area contributed by atoms with Crippen LogP contribution in [0.2, 0.25) is 0 Å². The number of fused-ring (bicyclic) bond motifs is 4. The van der Waals surface area contributed by atoms with E-state index in [1.807, 2.05) is 11.3 Å². The third-order valence-electron chi connectivity index (χ3n) is 12.2. The highest BCUT2D eigenvalue weighted by Crippen LogP contribution is 2.43. The van der Waals surface area contributed by atoms with Crippen LogP contribution in [0.3, 0.4) is 0 Å². The summed E-state index contributed by atoms with van der Waals surface area (Å²) in [5.41, 5.74) is 8.30. The molecule has 3 heteroatoms. The molecule has 0 bridgehead atoms. The van der Waals surface area contributed by atoms with E-state index < -0.39 is 8.07 Å². The minimum atomic E-state index is -2.67. The van der Waals surface area contributed by atoms with Gasteiger partial charge in [0.2, 0.25) is 0 Å². The smallest absolute Gasteiger partial charge is 0.179 e. The Kier molecular flexibility index (Phi) is 9.46. The third kappa shape index (κ3) is 6.56. The van der Waals surface area contributed by atoms with Crippen LogP contribution in [0.4, 0.5) is 17.1 Å². The van der Waals surface area contributed by atoms with Crippen LogP contribution in [0.15, 0.2) is 249 Å². The van der Waals surface area contributed by atoms with E-state index in [2.05, 4.69) is 254 Å². The molecule has 1 heterocycles. The molecule has 0 aliphatic heterocycles. The van der Waals surface area contributed by atoms with Crippen molar-refractivity contribution in [1.82, 2.24) is 0 Å². The summed E-state index contributed by atoms with van der Waals surface area (Å²) in [7, 11) is -2.67. The lowest BCUT2D eigenvalue weighted by molar-refractivity contribution is 1.30. The topological polar surface area (TPSA) is 3.24 Å². The van der Waals surface area contributed by atoms with E-state index in [-0.39, 0.29) is 0 Å². The molecular weight excluding hydrogens is 771 g/mol. The van der Waals surface area contributed by atoms with E-state index in [0.29, 0.717) is 0 Å². The fraction of sp³-hybridized carbons (Fsp3) is 0. The average molecular weight is 812 g/mol. The lowest BCUT2D eigenvalue weighted by Gasteiger charge is -2.34. The van der Waals surface area contributed by atoms with E-state index >= 15 is 0 Å². The van der Waals surface area contributed by atoms with Crippen molar-refractivity contribution in [2.45, 2.75) is 0 Å². The van der Waals surface area contributed by atoms with Crippen molar-refractivity contribution in [3.63, 3.8) is 0 Å². The van der Waals surface area contributed by atoms with Crippen molar-refractivity contribution in [2.24, 2.45) is 0 Å². The van der Waals surface area contributed by atoms with E-state index in [4.69, 9.17) is 0 Å². The van der Waals surface area contributed by atoms with Crippen LogP contribution in [0.25, 0.3) is 53.2 Å². The van der Waals surface area contributed by atoms with Gasteiger partial charge in [0.15, 0.2) is 8.07 Å². The first-order valence-corrected chi connectivity index (χ1v) is 23.7. The van der Waals surface area contributed by atoms with Crippen molar-refractivity contribution < 1.29 is 0 Å². The summed E-state index contributed by atoms with van der Waals surface area (Å²) in [6, 6.07) is 91.8. The Hall–Kier alpha value is -7.30. The molecule has 0 spiro atoms. The van der Waals surface area contributed by atoms with Crippen molar-refractivity contribution in [2.75, 3.05) is 4.90 Å². The van der Waals surface area contributed by atoms with Gasteiger partial charge >= 0.3 is 0 Å². The molecule has 0 unspecified atom stereocenters. The molecule has 0 atom stereocenters. The first-order valence-electron chi connectivity index (χ1n) is 20.9. The van der Waals surface area contributed by atoms with Crippen LogP contribution in [0.5, 0.6) is 0 Å². The van der Waals surface area contributed by atoms with Crippen molar-refractivity contribution >= 4 is 88.2 Å². The molecule has 1 aromatic heterocycles. The van der Waals surface area contributed by atoms with Crippen LogP contribution in [0.1, 0.15) is 0 Å². The summed E-state index contributed by atoms with van der Waals surface area (Å²) >= 11 is 1.87. The Morgan fingerprint density at radius 1 is 0.295 bits per heavy atom. The van der Waals surface area contributed by atoms with E-state index in [0.717, 1.165) is 17.1 Å². The minimum absolute atomic E-state index is 1.12. The Morgan fingerprint density at radius 3 is 1.43 bits per heavy atom. The molecule has 1 nitrogen and oxygen atoms in total. The largest absolute Gasteiger partial charge is 0.310 e. The van der Waals surface area contributed by atoms with Gasteiger partial charge in [-0.3, -0.25) is 0 Å². The Labute approximate surface area is 362 Å². The van der Waals surface area contributed by atoms with Crippen LogP contribution < -0.4 is 25.6 Å². The Bertz CT molecular complexity index is 3190. The summed E-state index contributed by atoms with van der Waals surface area (Å²) in [5.74, 6) is 0. The summed E-state index contributed by atoms with van der Waals surface area (Å²) < 4.78 is 2.58. The van der Waals surface area contributed by atoms with Gasteiger partial charge in [-0.15, -0.1) is 11.3 Å². The quantitative estimate of drug-likeness (QED) is 0.104. The number of rotatable bonds is 9. The third-order valence-corrected chi connectivity index (χ3v) is 18.1. The van der Waals surface area contributed by atoms with Gasteiger partial charge in [0.1, 0.15) is 0 Å². The fourth-order valence-corrected chi connectivity index (χ4v) is 15.3. The molecular formula is C58H41NSSi. The molecule has 288 valence electrons. The second kappa shape index (κ2) is 15.7. The lowest BCUT2D eigenvalue weighted by Crippen LogP contribution is -2.74. The number of anilines is 3. The highest BCUT2D eigenvalue weighted by atomic mass is 32.1. The van der Waals surface area contributed by atoms with Crippen molar-refractivity contribution in [1.29, 1.82) is 0 Å². The summed E-state index contributed by atoms with van der Waals surface area (Å²) in [5, 5.41) is 10.5. The van der Waals surface area contributed by atoms with Gasteiger partial charge in [0.25, 0.3) is 0 Å². The predicted octanol–water partition coefficient (Wildman–Crippen LogP) is 13.4. The highest BCUT2D eigenvalue weighted by molar-refractivity contribution is 7.26. The van der Waals surface area contributed by atoms with Crippen molar-refractivity contribution in [3.8, 4) is 22.3 Å². The predicted molar refractivity (Wildman–Crippen MR) is 266 cm³/mol. The molecule has 11 aromatic rings. The minimum Gasteiger partial charge on any atom is -0.310 e. The molecule has 0 amide bonds. The molecule has 10 aromatic carbocycles. The first kappa shape index (κ1) is 36.8. The van der Waals surface area contributed by atoms with Crippen LogP contribution in [0, 0.1) is 0 Å². The zero-order chi connectivity index (χ0) is 40.6. The molecule has 0 N–H and O–H groups in total. The van der Waals surface area contributed by atoms with Gasteiger partial charge < -0.3 is 4.90 Å². The number of hydrogen-bond acceptors (Lipinski definition) is 2. The fourth-order valence-electron chi connectivity index (χ4n) is 9.34. The maximum absolute atomic E-state index is 2.67. The molecule has 0 radical (unpaired) electrons. The van der Waals surface area contributed by atoms with Crippen LogP contribution in [-0.2, 0) is 0 Å². The SMILES string of the molecule is c1ccc(-c2ccc3c(c2)sc2cc(N(c4ccc(-c5cccc([Si](c6ccccc6)(c6ccccc6)c6ccccc6)c5)cc4)c4cccc5ccccc45)ccc23)cc1. The van der Waals surface area contributed by atoms with Crippen molar-refractivity contribution in [3.05, 3.63) is 249 Å². The van der Waals surface area contributed by atoms with E-state index in [9.17, 15) is 0 Å². The zero-order valence-corrected chi connectivity index (χ0v) is 35.3. The molecule has 0 fully saturated rings. The lowest BCUT2D eigenvalue weighted by atomic mass is 10.0. The maximum atomic E-state index is 2.45. The first-order chi connectivity index (χ1) is 30.2. The van der Waals surface area contributed by atoms with Gasteiger partial charge in [-0.05, 0) is 84.8 Å². The standard InChI is InChI=1S/C58H41NSSi/c1-5-17-42(18-6-1)46-33-37-54-55-38-36-48(41-58(55)60-57(54)40-46)59(56-30-16-20-44-19-13-14-29-53(44)56)47-34-31-43(32-35-47)45-21-15-28-52(39-45)61(49-22-7-2-8-23-49,50-24-9-3-10-25-50)51-26-11-4-12-27-51/h1-41H. The van der Waals surface area contributed by atoms with E-state index in [1.54, 1.807) is 0 Å². The molecule has 0 aliphatic rings. The Balaban J connectivity index is 1.03. The second-order valence-electron chi connectivity index (χ2n) is 15.7. The summed E-state index contributed by atoms with van der Waals surface area (Å²) in [6.07, 6.45) is 0. The van der Waals surface area contributed by atoms with Gasteiger partial charge in [-0.25, -0.2) is 0 Å². The number of hydrogen-bond donors (Lipinski definition) is 0. The van der Waals surface area contributed by atoms with E-state index in [1.165, 1.54) is 73.9 Å². The molecule has 61 heavy (non-hydrogen) atoms. The molecule has 0 aliphatic carbocycles. The zero-order valence-electron chi connectivity index (χ0n) is 33.5. The number of nitrogens with zero attached hydrogens (tertiary/aromatic N) is 1. The van der Waals surface area contributed by atoms with Gasteiger partial charge in [-0.1, -0.05) is 212 Å². The summed E-state index contributed by atoms with van der Waals surface area (Å²) in [4.78, 5) is 2.43. The monoisotopic (exact) mass is 811 g/mol. The molecule has 0 saturated carbocycles. The van der Waals surface area contributed by atoms with Crippen LogP contribution >= 0.6 is 11.3 Å².